The SMILES string of the molecule is Cc1nnc2n1CCCC(CCc1ccc(NC(=O)C(CCCCCCc3ccc(C#N)cc3)c3ccccc3)nc1)C2. The normalized spacial score (nSPS) is 15.2. The van der Waals surface area contributed by atoms with Crippen molar-refractivity contribution in [2.75, 3.05) is 5.32 Å². The quantitative estimate of drug-likeness (QED) is 0.168. The molecule has 4 aromatic rings. The van der Waals surface area contributed by atoms with Crippen molar-refractivity contribution >= 4 is 11.7 Å². The number of aryl methyl sites for hydroxylation is 3. The molecule has 0 spiro atoms. The molecule has 1 aliphatic heterocycles. The number of nitrogens with zero attached hydrogens (tertiary/aromatic N) is 5. The van der Waals surface area contributed by atoms with Gasteiger partial charge in [0.2, 0.25) is 5.91 Å². The first-order chi connectivity index (χ1) is 21.1. The molecule has 0 saturated heterocycles. The minimum absolute atomic E-state index is 0.00175. The third kappa shape index (κ3) is 8.61. The Morgan fingerprint density at radius 1 is 0.977 bits per heavy atom. The molecule has 222 valence electrons. The Morgan fingerprint density at radius 3 is 2.53 bits per heavy atom. The maximum absolute atomic E-state index is 13.4. The number of nitrogens with one attached hydrogen (secondary N) is 1. The maximum Gasteiger partial charge on any atom is 0.233 e. The van der Waals surface area contributed by atoms with Crippen LogP contribution in [-0.2, 0) is 30.6 Å². The van der Waals surface area contributed by atoms with E-state index < -0.39 is 0 Å². The van der Waals surface area contributed by atoms with Crippen LogP contribution >= 0.6 is 0 Å². The van der Waals surface area contributed by atoms with Crippen molar-refractivity contribution < 1.29 is 4.79 Å². The second kappa shape index (κ2) is 15.2. The van der Waals surface area contributed by atoms with Gasteiger partial charge in [-0.15, -0.1) is 10.2 Å². The molecule has 0 radical (unpaired) electrons. The van der Waals surface area contributed by atoms with Crippen LogP contribution in [0.3, 0.4) is 0 Å². The Morgan fingerprint density at radius 2 is 1.77 bits per heavy atom. The number of amides is 1. The molecule has 2 unspecified atom stereocenters. The summed E-state index contributed by atoms with van der Waals surface area (Å²) in [7, 11) is 0. The van der Waals surface area contributed by atoms with Gasteiger partial charge in [0.25, 0.3) is 0 Å². The highest BCUT2D eigenvalue weighted by molar-refractivity contribution is 5.95. The van der Waals surface area contributed by atoms with E-state index in [1.54, 1.807) is 0 Å². The number of aromatic nitrogens is 4. The Balaban J connectivity index is 1.09. The van der Waals surface area contributed by atoms with E-state index in [0.717, 1.165) is 81.5 Å². The van der Waals surface area contributed by atoms with Crippen molar-refractivity contribution in [3.8, 4) is 6.07 Å². The minimum Gasteiger partial charge on any atom is -0.315 e. The average Bonchev–Trinajstić information content (AvgIpc) is 3.25. The second-order valence-electron chi connectivity index (χ2n) is 11.8. The minimum atomic E-state index is -0.206. The number of hydrogen-bond acceptors (Lipinski definition) is 5. The number of anilines is 1. The molecule has 5 rings (SSSR count). The molecule has 2 aromatic carbocycles. The van der Waals surface area contributed by atoms with Crippen molar-refractivity contribution in [3.05, 3.63) is 107 Å². The fraction of sp³-hybridized carbons (Fsp3) is 0.417. The van der Waals surface area contributed by atoms with Gasteiger partial charge in [0.15, 0.2) is 0 Å². The van der Waals surface area contributed by atoms with Crippen molar-refractivity contribution in [2.45, 2.75) is 90.0 Å². The highest BCUT2D eigenvalue weighted by atomic mass is 16.1. The number of hydrogen-bond donors (Lipinski definition) is 1. The summed E-state index contributed by atoms with van der Waals surface area (Å²) in [5.41, 5.74) is 4.21. The summed E-state index contributed by atoms with van der Waals surface area (Å²) in [5.74, 6) is 3.14. The standard InChI is InChI=1S/C36H42N6O/c1-27-40-41-35-24-29(11-9-23-42(27)35)17-20-31-21-22-34(38-26-31)39-36(43)33(32-12-6-4-7-13-32)14-8-3-2-5-10-28-15-18-30(25-37)19-16-28/h4,6-7,12-13,15-16,18-19,21-22,26,29,33H,2-3,5,8-11,14,17,20,23-24H2,1H3,(H,38,39,43). The zero-order chi connectivity index (χ0) is 29.9. The van der Waals surface area contributed by atoms with E-state index in [9.17, 15) is 4.79 Å². The van der Waals surface area contributed by atoms with E-state index >= 15 is 0 Å². The van der Waals surface area contributed by atoms with Crippen LogP contribution in [0.5, 0.6) is 0 Å². The Labute approximate surface area is 255 Å². The molecule has 1 amide bonds. The number of benzene rings is 2. The first-order valence-corrected chi connectivity index (χ1v) is 15.8. The van der Waals surface area contributed by atoms with Crippen LogP contribution in [0.15, 0.2) is 72.9 Å². The molecular formula is C36H42N6O. The van der Waals surface area contributed by atoms with Crippen molar-refractivity contribution in [1.29, 1.82) is 5.26 Å². The van der Waals surface area contributed by atoms with E-state index in [4.69, 9.17) is 5.26 Å². The van der Waals surface area contributed by atoms with Gasteiger partial charge in [0.1, 0.15) is 17.5 Å². The third-order valence-corrected chi connectivity index (χ3v) is 8.70. The fourth-order valence-corrected chi connectivity index (χ4v) is 6.15. The molecular weight excluding hydrogens is 532 g/mol. The summed E-state index contributed by atoms with van der Waals surface area (Å²) in [6, 6.07) is 24.1. The molecule has 0 bridgehead atoms. The fourth-order valence-electron chi connectivity index (χ4n) is 6.15. The van der Waals surface area contributed by atoms with Gasteiger partial charge in [-0.05, 0) is 92.7 Å². The lowest BCUT2D eigenvalue weighted by Gasteiger charge is -2.17. The van der Waals surface area contributed by atoms with E-state index in [-0.39, 0.29) is 11.8 Å². The van der Waals surface area contributed by atoms with Gasteiger partial charge in [-0.2, -0.15) is 5.26 Å². The van der Waals surface area contributed by atoms with Crippen LogP contribution in [0.1, 0.15) is 91.2 Å². The number of carbonyl (C=O) groups is 1. The van der Waals surface area contributed by atoms with Crippen LogP contribution in [0.4, 0.5) is 5.82 Å². The maximum atomic E-state index is 13.4. The van der Waals surface area contributed by atoms with E-state index in [2.05, 4.69) is 37.2 Å². The van der Waals surface area contributed by atoms with Crippen LogP contribution in [0, 0.1) is 24.2 Å². The average molecular weight is 575 g/mol. The van der Waals surface area contributed by atoms with E-state index in [0.29, 0.717) is 17.3 Å². The Hall–Kier alpha value is -4.31. The monoisotopic (exact) mass is 574 g/mol. The molecule has 7 heteroatoms. The summed E-state index contributed by atoms with van der Waals surface area (Å²) in [4.78, 5) is 18.0. The molecule has 0 fully saturated rings. The van der Waals surface area contributed by atoms with Gasteiger partial charge in [0, 0.05) is 19.2 Å². The van der Waals surface area contributed by atoms with Crippen LogP contribution < -0.4 is 5.32 Å². The largest absolute Gasteiger partial charge is 0.315 e. The third-order valence-electron chi connectivity index (χ3n) is 8.70. The van der Waals surface area contributed by atoms with Gasteiger partial charge in [0.05, 0.1) is 17.6 Å². The van der Waals surface area contributed by atoms with Crippen LogP contribution in [-0.4, -0.2) is 25.7 Å². The molecule has 3 heterocycles. The summed E-state index contributed by atoms with van der Waals surface area (Å²) >= 11 is 0. The first kappa shape index (κ1) is 30.2. The molecule has 0 aliphatic carbocycles. The molecule has 7 nitrogen and oxygen atoms in total. The molecule has 0 saturated carbocycles. The number of pyridine rings is 1. The summed E-state index contributed by atoms with van der Waals surface area (Å²) in [5, 5.41) is 20.7. The zero-order valence-electron chi connectivity index (χ0n) is 25.2. The Kier molecular flexibility index (Phi) is 10.7. The number of carbonyl (C=O) groups excluding carboxylic acids is 1. The second-order valence-corrected chi connectivity index (χ2v) is 11.8. The molecule has 43 heavy (non-hydrogen) atoms. The van der Waals surface area contributed by atoms with Crippen LogP contribution in [0.25, 0.3) is 0 Å². The molecule has 1 N–H and O–H groups in total. The highest BCUT2D eigenvalue weighted by Crippen LogP contribution is 2.26. The van der Waals surface area contributed by atoms with Gasteiger partial charge >= 0.3 is 0 Å². The summed E-state index contributed by atoms with van der Waals surface area (Å²) < 4.78 is 2.26. The number of unbranched alkanes of at least 4 members (excludes halogenated alkanes) is 3. The lowest BCUT2D eigenvalue weighted by Crippen LogP contribution is -2.22. The van der Waals surface area contributed by atoms with Crippen LogP contribution in [0.2, 0.25) is 0 Å². The summed E-state index contributed by atoms with van der Waals surface area (Å²) in [6.07, 6.45) is 13.5. The van der Waals surface area contributed by atoms with E-state index in [1.807, 2.05) is 73.8 Å². The highest BCUT2D eigenvalue weighted by Gasteiger charge is 2.22. The van der Waals surface area contributed by atoms with Crippen molar-refractivity contribution in [1.82, 2.24) is 19.7 Å². The van der Waals surface area contributed by atoms with Crippen molar-refractivity contribution in [2.24, 2.45) is 5.92 Å². The van der Waals surface area contributed by atoms with Crippen molar-refractivity contribution in [3.63, 3.8) is 0 Å². The molecule has 1 aliphatic rings. The van der Waals surface area contributed by atoms with Gasteiger partial charge < -0.3 is 9.88 Å². The lowest BCUT2D eigenvalue weighted by molar-refractivity contribution is -0.117. The first-order valence-electron chi connectivity index (χ1n) is 15.8. The predicted molar refractivity (Wildman–Crippen MR) is 170 cm³/mol. The van der Waals surface area contributed by atoms with Gasteiger partial charge in [-0.1, -0.05) is 67.8 Å². The molecule has 2 aromatic heterocycles. The smallest absolute Gasteiger partial charge is 0.233 e. The molecule has 2 atom stereocenters. The number of fused-ring (bicyclic) bond motifs is 1. The van der Waals surface area contributed by atoms with Gasteiger partial charge in [-0.3, -0.25) is 4.79 Å². The zero-order valence-corrected chi connectivity index (χ0v) is 25.2. The summed E-state index contributed by atoms with van der Waals surface area (Å²) in [6.45, 7) is 3.05. The number of rotatable bonds is 13. The van der Waals surface area contributed by atoms with Gasteiger partial charge in [-0.25, -0.2) is 4.98 Å². The van der Waals surface area contributed by atoms with E-state index in [1.165, 1.54) is 24.0 Å². The lowest BCUT2D eigenvalue weighted by atomic mass is 9.92. The Bertz CT molecular complexity index is 1490. The predicted octanol–water partition coefficient (Wildman–Crippen LogP) is 7.35. The number of nitriles is 1. The topological polar surface area (TPSA) is 96.5 Å².